The van der Waals surface area contributed by atoms with Crippen LogP contribution in [0.4, 0.5) is 0 Å². The molecule has 2 rings (SSSR count). The van der Waals surface area contributed by atoms with Gasteiger partial charge in [0.2, 0.25) is 5.91 Å². The molecule has 2 fully saturated rings. The van der Waals surface area contributed by atoms with Crippen LogP contribution in [-0.4, -0.2) is 48.7 Å². The SMILES string of the molecule is C#C[C@H]1CC[C@@H](C#N)N1C(=O)CN[C@@H]1CCOC1. The van der Waals surface area contributed by atoms with Crippen molar-refractivity contribution in [1.82, 2.24) is 10.2 Å². The van der Waals surface area contributed by atoms with E-state index in [9.17, 15) is 4.79 Å². The Morgan fingerprint density at radius 1 is 1.44 bits per heavy atom. The van der Waals surface area contributed by atoms with Crippen molar-refractivity contribution in [3.8, 4) is 18.4 Å². The van der Waals surface area contributed by atoms with Crippen molar-refractivity contribution in [3.63, 3.8) is 0 Å². The van der Waals surface area contributed by atoms with Crippen LogP contribution in [0, 0.1) is 23.7 Å². The minimum Gasteiger partial charge on any atom is -0.380 e. The van der Waals surface area contributed by atoms with Crippen molar-refractivity contribution in [2.24, 2.45) is 0 Å². The molecule has 5 nitrogen and oxygen atoms in total. The number of nitriles is 1. The van der Waals surface area contributed by atoms with Crippen molar-refractivity contribution >= 4 is 5.91 Å². The molecule has 2 saturated heterocycles. The topological polar surface area (TPSA) is 65.4 Å². The Hall–Kier alpha value is -1.56. The van der Waals surface area contributed by atoms with Gasteiger partial charge in [0.15, 0.2) is 0 Å². The maximum absolute atomic E-state index is 12.1. The highest BCUT2D eigenvalue weighted by Crippen LogP contribution is 2.23. The quantitative estimate of drug-likeness (QED) is 0.706. The molecule has 96 valence electrons. The van der Waals surface area contributed by atoms with E-state index in [1.54, 1.807) is 4.90 Å². The molecule has 18 heavy (non-hydrogen) atoms. The van der Waals surface area contributed by atoms with Crippen LogP contribution in [0.15, 0.2) is 0 Å². The average molecular weight is 247 g/mol. The van der Waals surface area contributed by atoms with Crippen molar-refractivity contribution in [2.45, 2.75) is 37.4 Å². The van der Waals surface area contributed by atoms with Gasteiger partial charge in [0.05, 0.1) is 25.3 Å². The number of likely N-dealkylation sites (tertiary alicyclic amines) is 1. The van der Waals surface area contributed by atoms with E-state index in [1.807, 2.05) is 0 Å². The van der Waals surface area contributed by atoms with Gasteiger partial charge < -0.3 is 15.0 Å². The number of carbonyl (C=O) groups is 1. The molecule has 2 aliphatic rings. The summed E-state index contributed by atoms with van der Waals surface area (Å²) in [6.45, 7) is 1.61. The van der Waals surface area contributed by atoms with E-state index in [4.69, 9.17) is 16.4 Å². The Morgan fingerprint density at radius 2 is 2.22 bits per heavy atom. The molecule has 2 heterocycles. The summed E-state index contributed by atoms with van der Waals surface area (Å²) >= 11 is 0. The highest BCUT2D eigenvalue weighted by Gasteiger charge is 2.35. The van der Waals surface area contributed by atoms with Crippen LogP contribution in [0.2, 0.25) is 0 Å². The fraction of sp³-hybridized carbons (Fsp3) is 0.692. The molecule has 0 saturated carbocycles. The van der Waals surface area contributed by atoms with Gasteiger partial charge in [0, 0.05) is 12.6 Å². The molecule has 3 atom stereocenters. The average Bonchev–Trinajstić information content (AvgIpc) is 3.04. The first kappa shape index (κ1) is 12.9. The number of hydrogen-bond donors (Lipinski definition) is 1. The minimum absolute atomic E-state index is 0.0890. The summed E-state index contributed by atoms with van der Waals surface area (Å²) < 4.78 is 5.23. The number of terminal acetylenes is 1. The van der Waals surface area contributed by atoms with E-state index in [0.29, 0.717) is 19.4 Å². The van der Waals surface area contributed by atoms with Gasteiger partial charge in [0.1, 0.15) is 6.04 Å². The minimum atomic E-state index is -0.375. The number of carbonyl (C=O) groups excluding carboxylic acids is 1. The third-order valence-electron chi connectivity index (χ3n) is 3.49. The van der Waals surface area contributed by atoms with Crippen LogP contribution in [0.25, 0.3) is 0 Å². The van der Waals surface area contributed by atoms with Crippen molar-refractivity contribution in [3.05, 3.63) is 0 Å². The van der Waals surface area contributed by atoms with Crippen LogP contribution in [0.1, 0.15) is 19.3 Å². The maximum Gasteiger partial charge on any atom is 0.238 e. The second-order valence-corrected chi connectivity index (χ2v) is 4.65. The lowest BCUT2D eigenvalue weighted by Crippen LogP contribution is -2.46. The van der Waals surface area contributed by atoms with Crippen LogP contribution in [-0.2, 0) is 9.53 Å². The molecule has 0 aliphatic carbocycles. The van der Waals surface area contributed by atoms with Gasteiger partial charge in [-0.25, -0.2) is 0 Å². The molecular formula is C13H17N3O2. The lowest BCUT2D eigenvalue weighted by molar-refractivity contribution is -0.131. The highest BCUT2D eigenvalue weighted by molar-refractivity contribution is 5.80. The summed E-state index contributed by atoms with van der Waals surface area (Å²) in [7, 11) is 0. The Bertz CT molecular complexity index is 368. The lowest BCUT2D eigenvalue weighted by Gasteiger charge is -2.24. The third-order valence-corrected chi connectivity index (χ3v) is 3.49. The molecule has 0 aromatic rings. The second kappa shape index (κ2) is 5.86. The summed E-state index contributed by atoms with van der Waals surface area (Å²) in [4.78, 5) is 13.7. The molecule has 0 bridgehead atoms. The zero-order valence-corrected chi connectivity index (χ0v) is 10.3. The number of amides is 1. The van der Waals surface area contributed by atoms with E-state index >= 15 is 0 Å². The van der Waals surface area contributed by atoms with Gasteiger partial charge in [0.25, 0.3) is 0 Å². The Morgan fingerprint density at radius 3 is 2.83 bits per heavy atom. The number of nitrogens with zero attached hydrogens (tertiary/aromatic N) is 2. The number of hydrogen-bond acceptors (Lipinski definition) is 4. The van der Waals surface area contributed by atoms with Gasteiger partial charge in [-0.1, -0.05) is 5.92 Å². The van der Waals surface area contributed by atoms with Gasteiger partial charge in [-0.3, -0.25) is 4.79 Å². The van der Waals surface area contributed by atoms with Crippen LogP contribution >= 0.6 is 0 Å². The standard InChI is InChI=1S/C13H17N3O2/c1-2-11-3-4-12(7-14)16(11)13(17)8-15-10-5-6-18-9-10/h1,10-12,15H,3-6,8-9H2/t10-,11+,12+/m1/s1. The molecule has 2 aliphatic heterocycles. The van der Waals surface area contributed by atoms with Gasteiger partial charge in [-0.2, -0.15) is 5.26 Å². The van der Waals surface area contributed by atoms with E-state index in [2.05, 4.69) is 17.3 Å². The first-order chi connectivity index (χ1) is 8.76. The summed E-state index contributed by atoms with van der Waals surface area (Å²) in [6.07, 6.45) is 7.71. The number of nitrogens with one attached hydrogen (secondary N) is 1. The molecule has 5 heteroatoms. The Kier molecular flexibility index (Phi) is 4.19. The molecule has 1 N–H and O–H groups in total. The van der Waals surface area contributed by atoms with E-state index in [1.165, 1.54) is 0 Å². The zero-order chi connectivity index (χ0) is 13.0. The highest BCUT2D eigenvalue weighted by atomic mass is 16.5. The molecular weight excluding hydrogens is 230 g/mol. The van der Waals surface area contributed by atoms with Gasteiger partial charge >= 0.3 is 0 Å². The fourth-order valence-corrected chi connectivity index (χ4v) is 2.47. The molecule has 0 unspecified atom stereocenters. The fourth-order valence-electron chi connectivity index (χ4n) is 2.47. The smallest absolute Gasteiger partial charge is 0.238 e. The predicted octanol–water partition coefficient (Wildman–Crippen LogP) is -0.119. The summed E-state index contributed by atoms with van der Waals surface area (Å²) in [5.41, 5.74) is 0. The first-order valence-electron chi connectivity index (χ1n) is 6.24. The molecule has 0 radical (unpaired) electrons. The number of rotatable bonds is 3. The van der Waals surface area contributed by atoms with E-state index in [0.717, 1.165) is 13.0 Å². The normalized spacial score (nSPS) is 31.0. The predicted molar refractivity (Wildman–Crippen MR) is 65.3 cm³/mol. The Labute approximate surface area is 107 Å². The number of ether oxygens (including phenoxy) is 1. The van der Waals surface area contributed by atoms with Crippen molar-refractivity contribution in [1.29, 1.82) is 5.26 Å². The van der Waals surface area contributed by atoms with Gasteiger partial charge in [-0.15, -0.1) is 6.42 Å². The second-order valence-electron chi connectivity index (χ2n) is 4.65. The monoisotopic (exact) mass is 247 g/mol. The molecule has 1 amide bonds. The molecule has 0 aromatic carbocycles. The first-order valence-corrected chi connectivity index (χ1v) is 6.24. The molecule has 0 aromatic heterocycles. The summed E-state index contributed by atoms with van der Waals surface area (Å²) in [5, 5.41) is 12.2. The van der Waals surface area contributed by atoms with Crippen LogP contribution < -0.4 is 5.32 Å². The third kappa shape index (κ3) is 2.64. The van der Waals surface area contributed by atoms with Crippen molar-refractivity contribution < 1.29 is 9.53 Å². The zero-order valence-electron chi connectivity index (χ0n) is 10.3. The van der Waals surface area contributed by atoms with E-state index in [-0.39, 0.29) is 30.6 Å². The maximum atomic E-state index is 12.1. The lowest BCUT2D eigenvalue weighted by atomic mass is 10.2. The molecule has 0 spiro atoms. The van der Waals surface area contributed by atoms with Gasteiger partial charge in [-0.05, 0) is 19.3 Å². The largest absolute Gasteiger partial charge is 0.380 e. The summed E-state index contributed by atoms with van der Waals surface area (Å²) in [5.74, 6) is 2.50. The van der Waals surface area contributed by atoms with E-state index < -0.39 is 0 Å². The Balaban J connectivity index is 1.90. The van der Waals surface area contributed by atoms with Crippen molar-refractivity contribution in [2.75, 3.05) is 19.8 Å². The van der Waals surface area contributed by atoms with Crippen LogP contribution in [0.3, 0.4) is 0 Å². The summed E-state index contributed by atoms with van der Waals surface area (Å²) in [6, 6.07) is 1.77. The van der Waals surface area contributed by atoms with Crippen LogP contribution in [0.5, 0.6) is 0 Å².